The summed E-state index contributed by atoms with van der Waals surface area (Å²) in [5.74, 6) is -0.449. The predicted octanol–water partition coefficient (Wildman–Crippen LogP) is 1.64. The van der Waals surface area contributed by atoms with E-state index in [4.69, 9.17) is 0 Å². The fourth-order valence-electron chi connectivity index (χ4n) is 2.96. The Morgan fingerprint density at radius 2 is 1.90 bits per heavy atom. The van der Waals surface area contributed by atoms with Crippen molar-refractivity contribution in [3.8, 4) is 0 Å². The van der Waals surface area contributed by atoms with Gasteiger partial charge in [0.1, 0.15) is 11.9 Å². The zero-order valence-corrected chi connectivity index (χ0v) is 16.5. The summed E-state index contributed by atoms with van der Waals surface area (Å²) in [4.78, 5) is 29.1. The smallest absolute Gasteiger partial charge is 0.263 e. The molecule has 0 radical (unpaired) electrons. The molecule has 1 heterocycles. The zero-order valence-electron chi connectivity index (χ0n) is 15.7. The summed E-state index contributed by atoms with van der Waals surface area (Å²) in [6.07, 6.45) is 1.99. The number of rotatable bonds is 5. The number of sulfonamides is 1. The van der Waals surface area contributed by atoms with E-state index in [0.717, 1.165) is 12.8 Å². The van der Waals surface area contributed by atoms with E-state index < -0.39 is 22.0 Å². The first-order valence-corrected chi connectivity index (χ1v) is 10.7. The summed E-state index contributed by atoms with van der Waals surface area (Å²) in [7, 11) is -3.66. The Hall–Kier alpha value is -3.20. The first kappa shape index (κ1) is 19.1. The Balaban J connectivity index is 1.48. The number of fused-ring (bicyclic) bond motifs is 1. The van der Waals surface area contributed by atoms with Crippen molar-refractivity contribution in [3.05, 3.63) is 59.7 Å². The SMILES string of the molecule is CC(N=C1NS(=O)(=O)c2ccccc21)C(=O)Nc1cccc(C(=O)NC2CC2)c1. The number of aliphatic imine (C=N–C) groups is 1. The molecule has 29 heavy (non-hydrogen) atoms. The monoisotopic (exact) mass is 412 g/mol. The van der Waals surface area contributed by atoms with E-state index in [-0.39, 0.29) is 22.7 Å². The maximum absolute atomic E-state index is 12.5. The number of hydrogen-bond acceptors (Lipinski definition) is 5. The van der Waals surface area contributed by atoms with Gasteiger partial charge in [0.15, 0.2) is 0 Å². The molecular formula is C20H20N4O4S. The average molecular weight is 412 g/mol. The molecule has 2 aromatic rings. The maximum Gasteiger partial charge on any atom is 0.263 e. The van der Waals surface area contributed by atoms with Gasteiger partial charge < -0.3 is 10.6 Å². The molecule has 1 aliphatic carbocycles. The van der Waals surface area contributed by atoms with Crippen LogP contribution in [-0.4, -0.2) is 38.2 Å². The standard InChI is InChI=1S/C20H20N4O4S/c1-12(21-18-16-7-2-3-8-17(16)29(27,28)24-18)19(25)23-15-6-4-5-13(11-15)20(26)22-14-9-10-14/h2-8,11-12,14H,9-10H2,1H3,(H,21,24)(H,22,26)(H,23,25). The van der Waals surface area contributed by atoms with E-state index in [0.29, 0.717) is 16.8 Å². The summed E-state index contributed by atoms with van der Waals surface area (Å²) < 4.78 is 26.7. The highest BCUT2D eigenvalue weighted by Gasteiger charge is 2.31. The highest BCUT2D eigenvalue weighted by molar-refractivity contribution is 7.90. The number of nitrogens with zero attached hydrogens (tertiary/aromatic N) is 1. The van der Waals surface area contributed by atoms with Gasteiger partial charge in [-0.25, -0.2) is 8.42 Å². The highest BCUT2D eigenvalue weighted by atomic mass is 32.2. The molecule has 2 amide bonds. The van der Waals surface area contributed by atoms with Crippen LogP contribution in [0.4, 0.5) is 5.69 Å². The number of nitrogens with one attached hydrogen (secondary N) is 3. The number of carbonyl (C=O) groups excluding carboxylic acids is 2. The van der Waals surface area contributed by atoms with Gasteiger partial charge in [-0.05, 0) is 50.1 Å². The number of carbonyl (C=O) groups is 2. The Morgan fingerprint density at radius 3 is 2.66 bits per heavy atom. The third kappa shape index (κ3) is 4.14. The van der Waals surface area contributed by atoms with E-state index in [1.165, 1.54) is 6.07 Å². The minimum atomic E-state index is -3.66. The van der Waals surface area contributed by atoms with Crippen molar-refractivity contribution in [1.29, 1.82) is 0 Å². The molecule has 1 aliphatic heterocycles. The van der Waals surface area contributed by atoms with E-state index in [2.05, 4.69) is 20.3 Å². The molecule has 1 fully saturated rings. The molecule has 0 bridgehead atoms. The lowest BCUT2D eigenvalue weighted by Gasteiger charge is -2.11. The van der Waals surface area contributed by atoms with Crippen LogP contribution in [0.3, 0.4) is 0 Å². The molecule has 1 unspecified atom stereocenters. The first-order valence-electron chi connectivity index (χ1n) is 9.25. The van der Waals surface area contributed by atoms with Gasteiger partial charge >= 0.3 is 0 Å². The van der Waals surface area contributed by atoms with Crippen molar-refractivity contribution in [2.45, 2.75) is 36.7 Å². The van der Waals surface area contributed by atoms with Gasteiger partial charge in [0, 0.05) is 22.9 Å². The van der Waals surface area contributed by atoms with Crippen LogP contribution in [0.1, 0.15) is 35.7 Å². The summed E-state index contributed by atoms with van der Waals surface area (Å²) in [5, 5.41) is 5.62. The lowest BCUT2D eigenvalue weighted by atomic mass is 10.1. The van der Waals surface area contributed by atoms with Gasteiger partial charge in [0.25, 0.3) is 15.9 Å². The molecule has 0 saturated heterocycles. The molecule has 1 saturated carbocycles. The van der Waals surface area contributed by atoms with Gasteiger partial charge in [-0.15, -0.1) is 0 Å². The van der Waals surface area contributed by atoms with Crippen molar-refractivity contribution < 1.29 is 18.0 Å². The van der Waals surface area contributed by atoms with Crippen LogP contribution in [0.2, 0.25) is 0 Å². The Kier molecular flexibility index (Phi) is 4.83. The fourth-order valence-corrected chi connectivity index (χ4v) is 4.20. The third-order valence-corrected chi connectivity index (χ3v) is 6.07. The van der Waals surface area contributed by atoms with Gasteiger partial charge in [0.2, 0.25) is 5.91 Å². The molecule has 1 atom stereocenters. The fraction of sp³-hybridized carbons (Fsp3) is 0.250. The van der Waals surface area contributed by atoms with Crippen LogP contribution >= 0.6 is 0 Å². The van der Waals surface area contributed by atoms with E-state index in [1.807, 2.05) is 0 Å². The Morgan fingerprint density at radius 1 is 1.14 bits per heavy atom. The first-order chi connectivity index (χ1) is 13.8. The highest BCUT2D eigenvalue weighted by Crippen LogP contribution is 2.23. The number of amidine groups is 1. The van der Waals surface area contributed by atoms with Crippen molar-refractivity contribution in [2.75, 3.05) is 5.32 Å². The lowest BCUT2D eigenvalue weighted by molar-refractivity contribution is -0.117. The molecule has 2 aliphatic rings. The lowest BCUT2D eigenvalue weighted by Crippen LogP contribution is -2.29. The second-order valence-electron chi connectivity index (χ2n) is 7.07. The maximum atomic E-state index is 12.5. The average Bonchev–Trinajstić information content (AvgIpc) is 3.47. The number of benzene rings is 2. The molecule has 4 rings (SSSR count). The van der Waals surface area contributed by atoms with Crippen molar-refractivity contribution in [1.82, 2.24) is 10.0 Å². The summed E-state index contributed by atoms with van der Waals surface area (Å²) in [5.41, 5.74) is 1.37. The third-order valence-electron chi connectivity index (χ3n) is 4.67. The van der Waals surface area contributed by atoms with Crippen LogP contribution < -0.4 is 15.4 Å². The van der Waals surface area contributed by atoms with E-state index in [1.54, 1.807) is 49.4 Å². The topological polar surface area (TPSA) is 117 Å². The van der Waals surface area contributed by atoms with Crippen molar-refractivity contribution in [3.63, 3.8) is 0 Å². The molecule has 0 aromatic heterocycles. The Bertz CT molecular complexity index is 1120. The minimum Gasteiger partial charge on any atom is -0.349 e. The van der Waals surface area contributed by atoms with E-state index >= 15 is 0 Å². The second kappa shape index (κ2) is 7.32. The van der Waals surface area contributed by atoms with Gasteiger partial charge in [-0.3, -0.25) is 19.3 Å². The largest absolute Gasteiger partial charge is 0.349 e. The van der Waals surface area contributed by atoms with Crippen LogP contribution in [-0.2, 0) is 14.8 Å². The molecule has 3 N–H and O–H groups in total. The van der Waals surface area contributed by atoms with Gasteiger partial charge in [-0.2, -0.15) is 0 Å². The minimum absolute atomic E-state index is 0.140. The summed E-state index contributed by atoms with van der Waals surface area (Å²) >= 11 is 0. The number of anilines is 1. The molecule has 0 spiro atoms. The molecule has 150 valence electrons. The van der Waals surface area contributed by atoms with Crippen molar-refractivity contribution >= 4 is 33.4 Å². The second-order valence-corrected chi connectivity index (χ2v) is 8.72. The van der Waals surface area contributed by atoms with Crippen LogP contribution in [0.15, 0.2) is 58.4 Å². The van der Waals surface area contributed by atoms with Crippen LogP contribution in [0.25, 0.3) is 0 Å². The molecular weight excluding hydrogens is 392 g/mol. The normalized spacial score (nSPS) is 19.1. The quantitative estimate of drug-likeness (QED) is 0.692. The summed E-state index contributed by atoms with van der Waals surface area (Å²) in [6.45, 7) is 1.57. The zero-order chi connectivity index (χ0) is 20.6. The molecule has 2 aromatic carbocycles. The van der Waals surface area contributed by atoms with E-state index in [9.17, 15) is 18.0 Å². The molecule has 9 heteroatoms. The number of hydrogen-bond donors (Lipinski definition) is 3. The summed E-state index contributed by atoms with van der Waals surface area (Å²) in [6, 6.07) is 12.5. The predicted molar refractivity (Wildman–Crippen MR) is 108 cm³/mol. The van der Waals surface area contributed by atoms with Gasteiger partial charge in [0.05, 0.1) is 4.90 Å². The van der Waals surface area contributed by atoms with Crippen LogP contribution in [0.5, 0.6) is 0 Å². The van der Waals surface area contributed by atoms with Crippen LogP contribution in [0, 0.1) is 0 Å². The molecule has 8 nitrogen and oxygen atoms in total. The van der Waals surface area contributed by atoms with Gasteiger partial charge in [-0.1, -0.05) is 18.2 Å². The number of amides is 2. The Labute approximate surface area is 168 Å². The van der Waals surface area contributed by atoms with Crippen molar-refractivity contribution in [2.24, 2.45) is 4.99 Å².